The van der Waals surface area contributed by atoms with Crippen molar-refractivity contribution in [3.05, 3.63) is 28.8 Å². The van der Waals surface area contributed by atoms with Gasteiger partial charge in [0.05, 0.1) is 17.4 Å². The van der Waals surface area contributed by atoms with Crippen LogP contribution < -0.4 is 14.8 Å². The van der Waals surface area contributed by atoms with Crippen molar-refractivity contribution in [2.45, 2.75) is 52.0 Å². The third kappa shape index (κ3) is 7.35. The summed E-state index contributed by atoms with van der Waals surface area (Å²) in [5.74, 6) is 0.915. The van der Waals surface area contributed by atoms with Gasteiger partial charge in [0.2, 0.25) is 15.9 Å². The predicted molar refractivity (Wildman–Crippen MR) is 123 cm³/mol. The number of nitrogens with one attached hydrogen (secondary N) is 2. The topological polar surface area (TPSA) is 105 Å². The maximum absolute atomic E-state index is 12.7. The molecule has 1 saturated heterocycles. The number of carbonyl (C=O) groups excluding carboxylic acids is 2. The highest BCUT2D eigenvalue weighted by molar-refractivity contribution is 7.89. The second-order valence-corrected chi connectivity index (χ2v) is 11.2. The van der Waals surface area contributed by atoms with Crippen LogP contribution in [0, 0.1) is 11.8 Å². The van der Waals surface area contributed by atoms with Gasteiger partial charge in [-0.3, -0.25) is 10.1 Å². The highest BCUT2D eigenvalue weighted by Crippen LogP contribution is 2.34. The molecule has 1 aromatic carbocycles. The highest BCUT2D eigenvalue weighted by Gasteiger charge is 2.27. The summed E-state index contributed by atoms with van der Waals surface area (Å²) in [6.07, 6.45) is 4.11. The molecule has 1 aliphatic carbocycles. The number of sulfonamides is 1. The average Bonchev–Trinajstić information content (AvgIpc) is 3.49. The molecule has 0 bridgehead atoms. The molecule has 2 aliphatic rings. The number of hydrogen-bond donors (Lipinski definition) is 2. The Morgan fingerprint density at radius 2 is 1.97 bits per heavy atom. The van der Waals surface area contributed by atoms with Crippen LogP contribution in [0.3, 0.4) is 0 Å². The fourth-order valence-electron chi connectivity index (χ4n) is 3.59. The van der Waals surface area contributed by atoms with E-state index in [-0.39, 0.29) is 36.2 Å². The van der Waals surface area contributed by atoms with Crippen LogP contribution in [-0.4, -0.2) is 50.7 Å². The third-order valence-corrected chi connectivity index (χ3v) is 7.42. The van der Waals surface area contributed by atoms with Gasteiger partial charge in [0, 0.05) is 12.6 Å². The number of halogens is 1. The van der Waals surface area contributed by atoms with E-state index in [9.17, 15) is 18.0 Å². The Bertz CT molecular complexity index is 933. The molecule has 1 atom stereocenters. The van der Waals surface area contributed by atoms with Gasteiger partial charge in [-0.1, -0.05) is 37.9 Å². The van der Waals surface area contributed by atoms with Crippen LogP contribution in [-0.2, 0) is 14.8 Å². The first-order chi connectivity index (χ1) is 15.1. The highest BCUT2D eigenvalue weighted by atomic mass is 35.5. The largest absolute Gasteiger partial charge is 0.492 e. The number of urea groups is 1. The molecule has 0 aromatic heterocycles. The standard InChI is InChI=1S/C22H32ClN3O5S/c1-15(2)21(17-8-9-18(23)19(12-17)31-14-16-6-7-16)25-32(29,30)11-5-3-4-10-26-13-20(27)24-22(26)28/h8-9,12,15-16,21,25H,3-7,10-11,13-14H2,1-2H3,(H,24,27,28). The number of unbranched alkanes of at least 4 members (excludes halogenated alkanes) is 2. The summed E-state index contributed by atoms with van der Waals surface area (Å²) in [6, 6.07) is 4.65. The van der Waals surface area contributed by atoms with E-state index in [4.69, 9.17) is 16.3 Å². The van der Waals surface area contributed by atoms with Gasteiger partial charge in [-0.25, -0.2) is 17.9 Å². The van der Waals surface area contributed by atoms with Gasteiger partial charge in [0.15, 0.2) is 0 Å². The van der Waals surface area contributed by atoms with Gasteiger partial charge in [-0.05, 0) is 55.2 Å². The Kier molecular flexibility index (Phi) is 8.41. The minimum absolute atomic E-state index is 0.0000259. The van der Waals surface area contributed by atoms with Crippen LogP contribution in [0.25, 0.3) is 0 Å². The maximum atomic E-state index is 12.7. The molecule has 8 nitrogen and oxygen atoms in total. The summed E-state index contributed by atoms with van der Waals surface area (Å²) in [4.78, 5) is 24.1. The van der Waals surface area contributed by atoms with E-state index in [1.807, 2.05) is 26.0 Å². The van der Waals surface area contributed by atoms with Gasteiger partial charge in [0.25, 0.3) is 0 Å². The summed E-state index contributed by atoms with van der Waals surface area (Å²) in [6.45, 7) is 5.08. The normalized spacial score (nSPS) is 17.7. The molecule has 1 unspecified atom stereocenters. The molecule has 1 aromatic rings. The first-order valence-corrected chi connectivity index (χ1v) is 13.2. The van der Waals surface area contributed by atoms with Crippen molar-refractivity contribution in [2.24, 2.45) is 11.8 Å². The first kappa shape index (κ1) is 24.8. The lowest BCUT2D eigenvalue weighted by molar-refractivity contribution is -0.118. The van der Waals surface area contributed by atoms with Crippen molar-refractivity contribution in [1.82, 2.24) is 14.9 Å². The van der Waals surface area contributed by atoms with E-state index in [2.05, 4.69) is 10.0 Å². The fourth-order valence-corrected chi connectivity index (χ4v) is 5.26. The molecule has 1 heterocycles. The summed E-state index contributed by atoms with van der Waals surface area (Å²) >= 11 is 6.27. The van der Waals surface area contributed by atoms with E-state index in [1.165, 1.54) is 17.7 Å². The molecule has 2 fully saturated rings. The molecule has 178 valence electrons. The quantitative estimate of drug-likeness (QED) is 0.329. The van der Waals surface area contributed by atoms with Crippen molar-refractivity contribution in [3.63, 3.8) is 0 Å². The number of hydrogen-bond acceptors (Lipinski definition) is 5. The van der Waals surface area contributed by atoms with Gasteiger partial charge >= 0.3 is 6.03 Å². The third-order valence-electron chi connectivity index (χ3n) is 5.67. The molecule has 10 heteroatoms. The minimum atomic E-state index is -3.50. The number of benzene rings is 1. The SMILES string of the molecule is CC(C)C(NS(=O)(=O)CCCCCN1CC(=O)NC1=O)c1ccc(Cl)c(OCC2CC2)c1. The number of amides is 3. The van der Waals surface area contributed by atoms with E-state index in [1.54, 1.807) is 6.07 Å². The Labute approximate surface area is 195 Å². The van der Waals surface area contributed by atoms with Crippen LogP contribution >= 0.6 is 11.6 Å². The van der Waals surface area contributed by atoms with E-state index >= 15 is 0 Å². The van der Waals surface area contributed by atoms with Gasteiger partial charge in [0.1, 0.15) is 12.3 Å². The lowest BCUT2D eigenvalue weighted by Gasteiger charge is -2.24. The first-order valence-electron chi connectivity index (χ1n) is 11.2. The van der Waals surface area contributed by atoms with Crippen molar-refractivity contribution in [3.8, 4) is 5.75 Å². The minimum Gasteiger partial charge on any atom is -0.492 e. The molecule has 2 N–H and O–H groups in total. The Morgan fingerprint density at radius 3 is 2.59 bits per heavy atom. The second-order valence-electron chi connectivity index (χ2n) is 8.94. The van der Waals surface area contributed by atoms with Crippen LogP contribution in [0.4, 0.5) is 4.79 Å². The van der Waals surface area contributed by atoms with Crippen molar-refractivity contribution in [1.29, 1.82) is 0 Å². The average molecular weight is 486 g/mol. The van der Waals surface area contributed by atoms with Gasteiger partial charge in [-0.15, -0.1) is 0 Å². The van der Waals surface area contributed by atoms with E-state index in [0.29, 0.717) is 49.1 Å². The van der Waals surface area contributed by atoms with E-state index in [0.717, 1.165) is 5.56 Å². The summed E-state index contributed by atoms with van der Waals surface area (Å²) in [7, 11) is -3.50. The summed E-state index contributed by atoms with van der Waals surface area (Å²) in [5.41, 5.74) is 0.823. The molecule has 1 saturated carbocycles. The number of carbonyl (C=O) groups is 2. The molecule has 32 heavy (non-hydrogen) atoms. The second kappa shape index (κ2) is 10.9. The molecular weight excluding hydrogens is 454 g/mol. The molecule has 0 spiro atoms. The van der Waals surface area contributed by atoms with Gasteiger partial charge < -0.3 is 9.64 Å². The lowest BCUT2D eigenvalue weighted by atomic mass is 9.97. The van der Waals surface area contributed by atoms with Crippen LogP contribution in [0.1, 0.15) is 57.6 Å². The number of ether oxygens (including phenoxy) is 1. The molecule has 3 rings (SSSR count). The van der Waals surface area contributed by atoms with Crippen LogP contribution in [0.5, 0.6) is 5.75 Å². The van der Waals surface area contributed by atoms with Crippen LogP contribution in [0.15, 0.2) is 18.2 Å². The Hall–Kier alpha value is -1.84. The molecular formula is C22H32ClN3O5S. The zero-order valence-corrected chi connectivity index (χ0v) is 20.2. The number of nitrogens with zero attached hydrogens (tertiary/aromatic N) is 1. The van der Waals surface area contributed by atoms with E-state index < -0.39 is 10.0 Å². The number of rotatable bonds is 13. The van der Waals surface area contributed by atoms with Crippen molar-refractivity contribution < 1.29 is 22.7 Å². The summed E-state index contributed by atoms with van der Waals surface area (Å²) < 4.78 is 34.1. The molecule has 3 amide bonds. The maximum Gasteiger partial charge on any atom is 0.324 e. The summed E-state index contributed by atoms with van der Waals surface area (Å²) in [5, 5.41) is 2.75. The molecule has 0 radical (unpaired) electrons. The lowest BCUT2D eigenvalue weighted by Crippen LogP contribution is -2.33. The van der Waals surface area contributed by atoms with Crippen molar-refractivity contribution >= 4 is 33.6 Å². The Morgan fingerprint density at radius 1 is 1.22 bits per heavy atom. The van der Waals surface area contributed by atoms with Crippen molar-refractivity contribution in [2.75, 3.05) is 25.4 Å². The zero-order chi connectivity index (χ0) is 23.3. The number of imide groups is 1. The molecule has 1 aliphatic heterocycles. The van der Waals surface area contributed by atoms with Gasteiger partial charge in [-0.2, -0.15) is 0 Å². The van der Waals surface area contributed by atoms with Crippen LogP contribution in [0.2, 0.25) is 5.02 Å². The monoisotopic (exact) mass is 485 g/mol. The fraction of sp³-hybridized carbons (Fsp3) is 0.636. The Balaban J connectivity index is 1.51. The zero-order valence-electron chi connectivity index (χ0n) is 18.6. The smallest absolute Gasteiger partial charge is 0.324 e. The predicted octanol–water partition coefficient (Wildman–Crippen LogP) is 3.47.